The lowest BCUT2D eigenvalue weighted by atomic mass is 10.3. The summed E-state index contributed by atoms with van der Waals surface area (Å²) in [6, 6.07) is 19.3. The van der Waals surface area contributed by atoms with E-state index in [9.17, 15) is 5.11 Å². The molecule has 0 spiro atoms. The third-order valence-electron chi connectivity index (χ3n) is 2.49. The average Bonchev–Trinajstić information content (AvgIpc) is 2.52. The minimum absolute atomic E-state index is 0. The fraction of sp³-hybridized carbons (Fsp3) is 0. The van der Waals surface area contributed by atoms with Crippen molar-refractivity contribution in [2.75, 3.05) is 5.32 Å². The van der Waals surface area contributed by atoms with Crippen molar-refractivity contribution in [3.8, 4) is 0 Å². The summed E-state index contributed by atoms with van der Waals surface area (Å²) >= 11 is 0. The maximum absolute atomic E-state index is 9.64. The van der Waals surface area contributed by atoms with Crippen molar-refractivity contribution < 1.29 is 5.11 Å². The highest BCUT2D eigenvalue weighted by atomic mass is 35.5. The van der Waals surface area contributed by atoms with Gasteiger partial charge in [-0.2, -0.15) is 0 Å². The standard InChI is InChI=1S/C17H16N2O.ClH/c20-17(14-19-16-10-5-2-6-11-16)12-7-13-18-15-8-3-1-4-9-15;/h1-14,18,20H;1H. The van der Waals surface area contributed by atoms with Crippen molar-refractivity contribution in [3.05, 3.63) is 84.8 Å². The molecule has 0 aliphatic heterocycles. The van der Waals surface area contributed by atoms with E-state index in [0.717, 1.165) is 11.4 Å². The van der Waals surface area contributed by atoms with Crippen molar-refractivity contribution >= 4 is 30.0 Å². The topological polar surface area (TPSA) is 44.6 Å². The van der Waals surface area contributed by atoms with E-state index in [1.807, 2.05) is 60.7 Å². The number of aliphatic hydroxyl groups excluding tert-OH is 1. The van der Waals surface area contributed by atoms with Crippen molar-refractivity contribution in [2.45, 2.75) is 0 Å². The molecule has 3 nitrogen and oxygen atoms in total. The Bertz CT molecular complexity index is 607. The molecule has 108 valence electrons. The predicted octanol–water partition coefficient (Wildman–Crippen LogP) is 4.88. The van der Waals surface area contributed by atoms with Crippen LogP contribution in [0, 0.1) is 0 Å². The minimum atomic E-state index is 0. The monoisotopic (exact) mass is 300 g/mol. The highest BCUT2D eigenvalue weighted by molar-refractivity contribution is 5.85. The van der Waals surface area contributed by atoms with Crippen LogP contribution in [0.15, 0.2) is 89.8 Å². The van der Waals surface area contributed by atoms with Crippen LogP contribution < -0.4 is 5.32 Å². The number of hydrogen-bond donors (Lipinski definition) is 2. The summed E-state index contributed by atoms with van der Waals surface area (Å²) in [5.41, 5.74) is 1.80. The molecule has 21 heavy (non-hydrogen) atoms. The zero-order chi connectivity index (χ0) is 14.0. The molecule has 0 radical (unpaired) electrons. The van der Waals surface area contributed by atoms with Gasteiger partial charge in [0.15, 0.2) is 0 Å². The van der Waals surface area contributed by atoms with Crippen LogP contribution in [0.3, 0.4) is 0 Å². The van der Waals surface area contributed by atoms with Crippen LogP contribution in [0.4, 0.5) is 11.4 Å². The lowest BCUT2D eigenvalue weighted by Gasteiger charge is -1.97. The van der Waals surface area contributed by atoms with Gasteiger partial charge in [0.1, 0.15) is 5.76 Å². The number of nitrogens with zero attached hydrogens (tertiary/aromatic N) is 1. The number of rotatable bonds is 5. The largest absolute Gasteiger partial charge is 0.506 e. The third kappa shape index (κ3) is 6.45. The molecule has 2 rings (SSSR count). The van der Waals surface area contributed by atoms with Gasteiger partial charge in [0.25, 0.3) is 0 Å². The van der Waals surface area contributed by atoms with Gasteiger partial charge < -0.3 is 10.4 Å². The third-order valence-corrected chi connectivity index (χ3v) is 2.49. The summed E-state index contributed by atoms with van der Waals surface area (Å²) in [6.45, 7) is 0. The van der Waals surface area contributed by atoms with Crippen LogP contribution in [0.25, 0.3) is 0 Å². The number of halogens is 1. The van der Waals surface area contributed by atoms with Gasteiger partial charge >= 0.3 is 0 Å². The molecule has 0 saturated heterocycles. The number of aliphatic hydroxyl groups is 1. The number of allylic oxidation sites excluding steroid dienone is 3. The van der Waals surface area contributed by atoms with E-state index in [2.05, 4.69) is 10.3 Å². The molecule has 0 saturated carbocycles. The van der Waals surface area contributed by atoms with E-state index in [0.29, 0.717) is 0 Å². The van der Waals surface area contributed by atoms with E-state index < -0.39 is 0 Å². The quantitative estimate of drug-likeness (QED) is 0.469. The zero-order valence-corrected chi connectivity index (χ0v) is 12.2. The molecule has 4 heteroatoms. The number of anilines is 1. The van der Waals surface area contributed by atoms with Gasteiger partial charge in [-0.3, -0.25) is 4.99 Å². The number of nitrogens with one attached hydrogen (secondary N) is 1. The molecule has 0 bridgehead atoms. The van der Waals surface area contributed by atoms with E-state index in [4.69, 9.17) is 0 Å². The number of benzene rings is 2. The molecule has 0 amide bonds. The van der Waals surface area contributed by atoms with Gasteiger partial charge in [0, 0.05) is 11.9 Å². The van der Waals surface area contributed by atoms with Gasteiger partial charge in [0.2, 0.25) is 0 Å². The van der Waals surface area contributed by atoms with Crippen molar-refractivity contribution in [1.82, 2.24) is 0 Å². The molecule has 2 aromatic rings. The fourth-order valence-electron chi connectivity index (χ4n) is 1.52. The van der Waals surface area contributed by atoms with E-state index in [-0.39, 0.29) is 18.2 Å². The van der Waals surface area contributed by atoms with Gasteiger partial charge in [-0.15, -0.1) is 12.4 Å². The van der Waals surface area contributed by atoms with Gasteiger partial charge in [-0.1, -0.05) is 36.4 Å². The van der Waals surface area contributed by atoms with Gasteiger partial charge in [-0.05, 0) is 36.4 Å². The second-order valence-electron chi connectivity index (χ2n) is 4.05. The van der Waals surface area contributed by atoms with E-state index in [1.54, 1.807) is 18.4 Å². The Labute approximate surface area is 130 Å². The first-order valence-corrected chi connectivity index (χ1v) is 6.31. The number of aliphatic imine (C=N–C) groups is 1. The summed E-state index contributed by atoms with van der Waals surface area (Å²) in [7, 11) is 0. The molecular formula is C17H17ClN2O. The van der Waals surface area contributed by atoms with E-state index in [1.165, 1.54) is 6.21 Å². The average molecular weight is 301 g/mol. The first-order valence-electron chi connectivity index (χ1n) is 6.31. The maximum Gasteiger partial charge on any atom is 0.133 e. The predicted molar refractivity (Wildman–Crippen MR) is 91.8 cm³/mol. The number of hydrogen-bond acceptors (Lipinski definition) is 3. The Morgan fingerprint density at radius 1 is 0.952 bits per heavy atom. The Balaban J connectivity index is 0.00000220. The van der Waals surface area contributed by atoms with Crippen LogP contribution >= 0.6 is 12.4 Å². The molecular weight excluding hydrogens is 284 g/mol. The van der Waals surface area contributed by atoms with Crippen LogP contribution in [0.2, 0.25) is 0 Å². The lowest BCUT2D eigenvalue weighted by Crippen LogP contribution is -1.85. The Morgan fingerprint density at radius 3 is 2.24 bits per heavy atom. The van der Waals surface area contributed by atoms with Crippen LogP contribution in [0.5, 0.6) is 0 Å². The summed E-state index contributed by atoms with van der Waals surface area (Å²) in [5.74, 6) is 0.0972. The van der Waals surface area contributed by atoms with Gasteiger partial charge in [0.05, 0.1) is 11.9 Å². The van der Waals surface area contributed by atoms with Crippen molar-refractivity contribution in [3.63, 3.8) is 0 Å². The molecule has 2 aromatic carbocycles. The second-order valence-corrected chi connectivity index (χ2v) is 4.05. The Hall–Kier alpha value is -2.52. The molecule has 0 aromatic heterocycles. The number of para-hydroxylation sites is 2. The normalized spacial score (nSPS) is 11.5. The summed E-state index contributed by atoms with van der Waals surface area (Å²) < 4.78 is 0. The van der Waals surface area contributed by atoms with Crippen LogP contribution in [-0.4, -0.2) is 11.3 Å². The molecule has 0 heterocycles. The highest BCUT2D eigenvalue weighted by Crippen LogP contribution is 2.09. The van der Waals surface area contributed by atoms with Crippen molar-refractivity contribution in [2.24, 2.45) is 4.99 Å². The molecule has 0 unspecified atom stereocenters. The van der Waals surface area contributed by atoms with Crippen LogP contribution in [0.1, 0.15) is 0 Å². The first kappa shape index (κ1) is 16.5. The highest BCUT2D eigenvalue weighted by Gasteiger charge is 1.87. The van der Waals surface area contributed by atoms with Crippen LogP contribution in [-0.2, 0) is 0 Å². The summed E-state index contributed by atoms with van der Waals surface area (Å²) in [5, 5.41) is 12.7. The zero-order valence-electron chi connectivity index (χ0n) is 11.4. The molecule has 0 aliphatic carbocycles. The molecule has 2 N–H and O–H groups in total. The smallest absolute Gasteiger partial charge is 0.133 e. The maximum atomic E-state index is 9.64. The van der Waals surface area contributed by atoms with Crippen molar-refractivity contribution in [1.29, 1.82) is 0 Å². The first-order chi connectivity index (χ1) is 9.84. The van der Waals surface area contributed by atoms with Gasteiger partial charge in [-0.25, -0.2) is 0 Å². The fourth-order valence-corrected chi connectivity index (χ4v) is 1.52. The molecule has 0 atom stereocenters. The molecule has 0 aliphatic rings. The Kier molecular flexibility index (Phi) is 7.40. The second kappa shape index (κ2) is 9.39. The minimum Gasteiger partial charge on any atom is -0.506 e. The lowest BCUT2D eigenvalue weighted by molar-refractivity contribution is 0.446. The van der Waals surface area contributed by atoms with E-state index >= 15 is 0 Å². The molecule has 0 fully saturated rings. The SMILES string of the molecule is Cl.OC(C=Nc1ccccc1)=CC=CNc1ccccc1. The summed E-state index contributed by atoms with van der Waals surface area (Å²) in [6.07, 6.45) is 6.46. The summed E-state index contributed by atoms with van der Waals surface area (Å²) in [4.78, 5) is 4.15. The Morgan fingerprint density at radius 2 is 1.57 bits per heavy atom.